The average molecular weight is 356 g/mol. The summed E-state index contributed by atoms with van der Waals surface area (Å²) in [6, 6.07) is 5.27. The van der Waals surface area contributed by atoms with Crippen molar-refractivity contribution in [2.24, 2.45) is 17.1 Å². The number of nitrogens with one attached hydrogen (secondary N) is 1. The van der Waals surface area contributed by atoms with E-state index in [4.69, 9.17) is 5.73 Å². The van der Waals surface area contributed by atoms with E-state index >= 15 is 0 Å². The summed E-state index contributed by atoms with van der Waals surface area (Å²) >= 11 is 0. The van der Waals surface area contributed by atoms with Crippen LogP contribution < -0.4 is 11.1 Å². The van der Waals surface area contributed by atoms with E-state index in [1.165, 1.54) is 0 Å². The normalized spacial score (nSPS) is 25.2. The predicted molar refractivity (Wildman–Crippen MR) is 93.8 cm³/mol. The van der Waals surface area contributed by atoms with E-state index in [0.29, 0.717) is 31.6 Å². The van der Waals surface area contributed by atoms with Crippen LogP contribution in [0.3, 0.4) is 0 Å². The van der Waals surface area contributed by atoms with Crippen molar-refractivity contribution >= 4 is 17.7 Å². The van der Waals surface area contributed by atoms with Crippen molar-refractivity contribution in [3.05, 3.63) is 30.1 Å². The molecule has 26 heavy (non-hydrogen) atoms. The van der Waals surface area contributed by atoms with Crippen LogP contribution in [-0.2, 0) is 9.59 Å². The van der Waals surface area contributed by atoms with Gasteiger partial charge in [-0.3, -0.25) is 19.4 Å². The molecule has 1 saturated heterocycles. The largest absolute Gasteiger partial charge is 0.369 e. The number of primary amides is 1. The van der Waals surface area contributed by atoms with Gasteiger partial charge in [-0.25, -0.2) is 0 Å². The van der Waals surface area contributed by atoms with Crippen LogP contribution in [0.1, 0.15) is 49.0 Å². The molecule has 3 amide bonds. The summed E-state index contributed by atoms with van der Waals surface area (Å²) in [5.74, 6) is -0.588. The zero-order valence-corrected chi connectivity index (χ0v) is 14.7. The number of carbonyl (C=O) groups excluding carboxylic acids is 3. The molecule has 7 heteroatoms. The summed E-state index contributed by atoms with van der Waals surface area (Å²) in [6.45, 7) is 1.24. The molecule has 2 aliphatic carbocycles. The van der Waals surface area contributed by atoms with Crippen molar-refractivity contribution < 1.29 is 14.4 Å². The third-order valence-electron chi connectivity index (χ3n) is 6.17. The van der Waals surface area contributed by atoms with Crippen molar-refractivity contribution in [3.8, 4) is 0 Å². The van der Waals surface area contributed by atoms with Gasteiger partial charge in [-0.05, 0) is 56.6 Å². The fraction of sp³-hybridized carbons (Fsp3) is 0.579. The highest BCUT2D eigenvalue weighted by Gasteiger charge is 2.58. The Morgan fingerprint density at radius 1 is 1.19 bits per heavy atom. The number of nitrogens with zero attached hydrogens (tertiary/aromatic N) is 2. The van der Waals surface area contributed by atoms with E-state index in [9.17, 15) is 14.4 Å². The Kier molecular flexibility index (Phi) is 3.97. The Balaban J connectivity index is 1.44. The fourth-order valence-corrected chi connectivity index (χ4v) is 4.16. The zero-order valence-electron chi connectivity index (χ0n) is 14.7. The molecule has 3 fully saturated rings. The van der Waals surface area contributed by atoms with Gasteiger partial charge in [0.05, 0.1) is 0 Å². The molecule has 0 aromatic carbocycles. The van der Waals surface area contributed by atoms with Crippen LogP contribution in [0.4, 0.5) is 0 Å². The van der Waals surface area contributed by atoms with Crippen molar-refractivity contribution in [2.45, 2.75) is 44.1 Å². The van der Waals surface area contributed by atoms with Gasteiger partial charge in [-0.2, -0.15) is 0 Å². The molecule has 4 rings (SSSR count). The maximum absolute atomic E-state index is 12.8. The van der Waals surface area contributed by atoms with Crippen LogP contribution in [0.25, 0.3) is 0 Å². The van der Waals surface area contributed by atoms with Gasteiger partial charge in [0, 0.05) is 24.8 Å². The lowest BCUT2D eigenvalue weighted by molar-refractivity contribution is -0.144. The number of aromatic nitrogens is 1. The van der Waals surface area contributed by atoms with E-state index in [2.05, 4.69) is 10.3 Å². The van der Waals surface area contributed by atoms with Gasteiger partial charge in [0.2, 0.25) is 11.8 Å². The first kappa shape index (κ1) is 17.0. The fourth-order valence-electron chi connectivity index (χ4n) is 4.16. The van der Waals surface area contributed by atoms with Gasteiger partial charge in [-0.1, -0.05) is 6.07 Å². The van der Waals surface area contributed by atoms with Crippen LogP contribution in [0, 0.1) is 11.3 Å². The van der Waals surface area contributed by atoms with Crippen LogP contribution >= 0.6 is 0 Å². The summed E-state index contributed by atoms with van der Waals surface area (Å²) in [6.07, 6.45) is 6.41. The minimum atomic E-state index is -0.962. The molecule has 0 radical (unpaired) electrons. The topological polar surface area (TPSA) is 105 Å². The van der Waals surface area contributed by atoms with E-state index in [1.807, 2.05) is 0 Å². The number of amides is 3. The number of likely N-dealkylation sites (tertiary alicyclic amines) is 1. The number of carbonyl (C=O) groups is 3. The van der Waals surface area contributed by atoms with E-state index in [1.54, 1.807) is 29.3 Å². The number of hydrogen-bond donors (Lipinski definition) is 2. The van der Waals surface area contributed by atoms with Gasteiger partial charge in [0.25, 0.3) is 5.91 Å². The van der Waals surface area contributed by atoms with Crippen molar-refractivity contribution in [2.75, 3.05) is 13.1 Å². The molecular formula is C19H24N4O3. The minimum Gasteiger partial charge on any atom is -0.369 e. The lowest BCUT2D eigenvalue weighted by atomic mass is 9.87. The molecule has 2 heterocycles. The molecule has 3 N–H and O–H groups in total. The summed E-state index contributed by atoms with van der Waals surface area (Å²) in [5, 5.41) is 3.16. The minimum absolute atomic E-state index is 0.124. The Hall–Kier alpha value is -2.44. The standard InChI is InChI=1S/C19H24N4O3/c20-16(25)18(6-7-18)17(26)23-11-3-4-13(12-23)19(8-9-19)22-15(24)14-5-1-2-10-21-14/h1-2,5,10,13H,3-4,6-9,11-12H2,(H2,20,25)(H,22,24). The molecule has 1 aromatic rings. The van der Waals surface area contributed by atoms with Crippen LogP contribution in [0.5, 0.6) is 0 Å². The lowest BCUT2D eigenvalue weighted by Gasteiger charge is -2.38. The molecule has 1 aliphatic heterocycles. The first-order chi connectivity index (χ1) is 12.5. The Labute approximate surface area is 152 Å². The Bertz CT molecular complexity index is 740. The van der Waals surface area contributed by atoms with Gasteiger partial charge >= 0.3 is 0 Å². The van der Waals surface area contributed by atoms with Crippen LogP contribution in [-0.4, -0.2) is 46.2 Å². The Morgan fingerprint density at radius 2 is 1.96 bits per heavy atom. The molecule has 138 valence electrons. The van der Waals surface area contributed by atoms with E-state index < -0.39 is 11.3 Å². The smallest absolute Gasteiger partial charge is 0.270 e. The number of hydrogen-bond acceptors (Lipinski definition) is 4. The Morgan fingerprint density at radius 3 is 2.54 bits per heavy atom. The van der Waals surface area contributed by atoms with E-state index in [-0.39, 0.29) is 23.3 Å². The maximum atomic E-state index is 12.8. The molecule has 0 spiro atoms. The van der Waals surface area contributed by atoms with Gasteiger partial charge < -0.3 is 16.0 Å². The van der Waals surface area contributed by atoms with Crippen molar-refractivity contribution in [1.82, 2.24) is 15.2 Å². The number of rotatable bonds is 5. The van der Waals surface area contributed by atoms with E-state index in [0.717, 1.165) is 25.7 Å². The number of nitrogens with two attached hydrogens (primary N) is 1. The molecule has 2 saturated carbocycles. The van der Waals surface area contributed by atoms with Gasteiger partial charge in [-0.15, -0.1) is 0 Å². The van der Waals surface area contributed by atoms with Crippen molar-refractivity contribution in [1.29, 1.82) is 0 Å². The molecule has 3 aliphatic rings. The molecule has 1 atom stereocenters. The highest BCUT2D eigenvalue weighted by Crippen LogP contribution is 2.49. The second kappa shape index (κ2) is 6.07. The molecular weight excluding hydrogens is 332 g/mol. The molecule has 1 unspecified atom stereocenters. The molecule has 7 nitrogen and oxygen atoms in total. The summed E-state index contributed by atoms with van der Waals surface area (Å²) in [7, 11) is 0. The molecule has 0 bridgehead atoms. The molecule has 1 aromatic heterocycles. The average Bonchev–Trinajstić information content (AvgIpc) is 3.57. The number of pyridine rings is 1. The highest BCUT2D eigenvalue weighted by atomic mass is 16.2. The van der Waals surface area contributed by atoms with Gasteiger partial charge in [0.1, 0.15) is 11.1 Å². The predicted octanol–water partition coefficient (Wildman–Crippen LogP) is 0.848. The first-order valence-electron chi connectivity index (χ1n) is 9.30. The highest BCUT2D eigenvalue weighted by molar-refractivity contribution is 6.07. The quantitative estimate of drug-likeness (QED) is 0.763. The SMILES string of the molecule is NC(=O)C1(C(=O)N2CCCC(C3(NC(=O)c4ccccn4)CC3)C2)CC1. The summed E-state index contributed by atoms with van der Waals surface area (Å²) in [4.78, 5) is 42.9. The second-order valence-corrected chi connectivity index (χ2v) is 7.86. The monoisotopic (exact) mass is 356 g/mol. The summed E-state index contributed by atoms with van der Waals surface area (Å²) < 4.78 is 0. The zero-order chi connectivity index (χ0) is 18.4. The van der Waals surface area contributed by atoms with Crippen LogP contribution in [0.15, 0.2) is 24.4 Å². The maximum Gasteiger partial charge on any atom is 0.270 e. The third kappa shape index (κ3) is 2.85. The van der Waals surface area contributed by atoms with Gasteiger partial charge in [0.15, 0.2) is 0 Å². The van der Waals surface area contributed by atoms with Crippen LogP contribution in [0.2, 0.25) is 0 Å². The first-order valence-corrected chi connectivity index (χ1v) is 9.30. The van der Waals surface area contributed by atoms with Crippen molar-refractivity contribution in [3.63, 3.8) is 0 Å². The lowest BCUT2D eigenvalue weighted by Crippen LogP contribution is -2.53. The third-order valence-corrected chi connectivity index (χ3v) is 6.17. The second-order valence-electron chi connectivity index (χ2n) is 7.86. The summed E-state index contributed by atoms with van der Waals surface area (Å²) in [5.41, 5.74) is 4.65. The number of piperidine rings is 1.